The lowest BCUT2D eigenvalue weighted by Gasteiger charge is -2.27. The fourth-order valence-corrected chi connectivity index (χ4v) is 4.25. The lowest BCUT2D eigenvalue weighted by atomic mass is 10.1. The standard InChI is InChI=1S/C18H22N4O4S/c1-12-5-4-6-13(2)18(12)22(11-17(24)21-19)27(25,26)16-9-7-15(8-10-16)20-14(3)23/h4-10H,11,19H2,1-3H3,(H,20,23)(H,21,24). The van der Waals surface area contributed by atoms with Gasteiger partial charge in [0.05, 0.1) is 10.6 Å². The van der Waals surface area contributed by atoms with Crippen molar-refractivity contribution in [2.24, 2.45) is 5.84 Å². The normalized spacial score (nSPS) is 11.0. The Morgan fingerprint density at radius 3 is 2.07 bits per heavy atom. The van der Waals surface area contributed by atoms with Gasteiger partial charge in [0.1, 0.15) is 6.54 Å². The molecule has 0 aliphatic rings. The van der Waals surface area contributed by atoms with Gasteiger partial charge >= 0.3 is 0 Å². The van der Waals surface area contributed by atoms with Crippen molar-refractivity contribution in [2.45, 2.75) is 25.7 Å². The molecule has 27 heavy (non-hydrogen) atoms. The molecule has 2 rings (SSSR count). The molecule has 0 spiro atoms. The zero-order valence-electron chi connectivity index (χ0n) is 15.3. The van der Waals surface area contributed by atoms with E-state index in [1.165, 1.54) is 31.2 Å². The van der Waals surface area contributed by atoms with E-state index in [9.17, 15) is 18.0 Å². The molecule has 0 aromatic heterocycles. The van der Waals surface area contributed by atoms with Crippen LogP contribution >= 0.6 is 0 Å². The zero-order valence-corrected chi connectivity index (χ0v) is 16.1. The van der Waals surface area contributed by atoms with Crippen molar-refractivity contribution in [2.75, 3.05) is 16.2 Å². The third-order valence-corrected chi connectivity index (χ3v) is 5.66. The smallest absolute Gasteiger partial charge is 0.264 e. The van der Waals surface area contributed by atoms with Crippen LogP contribution in [0.4, 0.5) is 11.4 Å². The van der Waals surface area contributed by atoms with Crippen LogP contribution in [0.5, 0.6) is 0 Å². The van der Waals surface area contributed by atoms with Crippen molar-refractivity contribution in [3.05, 3.63) is 53.6 Å². The van der Waals surface area contributed by atoms with Gasteiger partial charge in [-0.3, -0.25) is 19.3 Å². The molecule has 2 amide bonds. The second-order valence-electron chi connectivity index (χ2n) is 6.03. The summed E-state index contributed by atoms with van der Waals surface area (Å²) in [4.78, 5) is 23.0. The third kappa shape index (κ3) is 4.63. The van der Waals surface area contributed by atoms with Gasteiger partial charge in [-0.2, -0.15) is 0 Å². The Balaban J connectivity index is 2.53. The highest BCUT2D eigenvalue weighted by atomic mass is 32.2. The van der Waals surface area contributed by atoms with E-state index >= 15 is 0 Å². The van der Waals surface area contributed by atoms with Crippen LogP contribution in [0.3, 0.4) is 0 Å². The molecule has 144 valence electrons. The fourth-order valence-electron chi connectivity index (χ4n) is 2.70. The van der Waals surface area contributed by atoms with Crippen molar-refractivity contribution in [1.82, 2.24) is 5.43 Å². The molecule has 0 atom stereocenters. The van der Waals surface area contributed by atoms with Gasteiger partial charge in [-0.05, 0) is 49.2 Å². The van der Waals surface area contributed by atoms with E-state index in [1.807, 2.05) is 11.5 Å². The number of hydrogen-bond acceptors (Lipinski definition) is 5. The Hall–Kier alpha value is -2.91. The van der Waals surface area contributed by atoms with E-state index in [0.29, 0.717) is 22.5 Å². The summed E-state index contributed by atoms with van der Waals surface area (Å²) < 4.78 is 27.5. The van der Waals surface area contributed by atoms with E-state index in [2.05, 4.69) is 5.32 Å². The maximum absolute atomic E-state index is 13.2. The molecular weight excluding hydrogens is 368 g/mol. The Labute approximate surface area is 158 Å². The number of carbonyl (C=O) groups excluding carboxylic acids is 2. The van der Waals surface area contributed by atoms with Crippen molar-refractivity contribution in [3.8, 4) is 0 Å². The molecular formula is C18H22N4O4S. The summed E-state index contributed by atoms with van der Waals surface area (Å²) in [5.41, 5.74) is 4.27. The molecule has 9 heteroatoms. The van der Waals surface area contributed by atoms with Crippen LogP contribution in [0.15, 0.2) is 47.4 Å². The Morgan fingerprint density at radius 1 is 1.04 bits per heavy atom. The second kappa shape index (κ2) is 8.19. The number of hydrogen-bond donors (Lipinski definition) is 3. The first-order chi connectivity index (χ1) is 12.7. The summed E-state index contributed by atoms with van der Waals surface area (Å²) in [6.07, 6.45) is 0. The summed E-state index contributed by atoms with van der Waals surface area (Å²) >= 11 is 0. The minimum Gasteiger partial charge on any atom is -0.326 e. The molecule has 0 radical (unpaired) electrons. The van der Waals surface area contributed by atoms with Crippen molar-refractivity contribution in [1.29, 1.82) is 0 Å². The van der Waals surface area contributed by atoms with Crippen LogP contribution in [0.1, 0.15) is 18.1 Å². The summed E-state index contributed by atoms with van der Waals surface area (Å²) in [5, 5.41) is 2.58. The van der Waals surface area contributed by atoms with E-state index in [1.54, 1.807) is 26.0 Å². The summed E-state index contributed by atoms with van der Waals surface area (Å²) in [5.74, 6) is 4.26. The van der Waals surface area contributed by atoms with Gasteiger partial charge in [0.15, 0.2) is 0 Å². The number of sulfonamides is 1. The minimum atomic E-state index is -4.05. The highest BCUT2D eigenvalue weighted by Gasteiger charge is 2.29. The van der Waals surface area contributed by atoms with Gasteiger partial charge in [0.25, 0.3) is 15.9 Å². The fraction of sp³-hybridized carbons (Fsp3) is 0.222. The molecule has 0 fully saturated rings. The first kappa shape index (κ1) is 20.4. The quantitative estimate of drug-likeness (QED) is 0.391. The van der Waals surface area contributed by atoms with Gasteiger partial charge in [0.2, 0.25) is 5.91 Å². The molecule has 0 unspecified atom stereocenters. The molecule has 2 aromatic rings. The molecule has 0 bridgehead atoms. The van der Waals surface area contributed by atoms with E-state index in [-0.39, 0.29) is 10.8 Å². The number of anilines is 2. The van der Waals surface area contributed by atoms with Crippen LogP contribution in [0.2, 0.25) is 0 Å². The van der Waals surface area contributed by atoms with Crippen molar-refractivity contribution in [3.63, 3.8) is 0 Å². The van der Waals surface area contributed by atoms with Gasteiger partial charge < -0.3 is 5.32 Å². The van der Waals surface area contributed by atoms with Crippen LogP contribution in [0, 0.1) is 13.8 Å². The van der Waals surface area contributed by atoms with Crippen LogP contribution in [-0.2, 0) is 19.6 Å². The Kier molecular flexibility index (Phi) is 6.19. The topological polar surface area (TPSA) is 122 Å². The number of carbonyl (C=O) groups is 2. The maximum Gasteiger partial charge on any atom is 0.264 e. The number of nitrogens with one attached hydrogen (secondary N) is 2. The SMILES string of the molecule is CC(=O)Nc1ccc(S(=O)(=O)N(CC(=O)NN)c2c(C)cccc2C)cc1. The second-order valence-corrected chi connectivity index (χ2v) is 7.89. The predicted molar refractivity (Wildman–Crippen MR) is 104 cm³/mol. The Bertz CT molecular complexity index is 936. The van der Waals surface area contributed by atoms with Gasteiger partial charge in [-0.25, -0.2) is 14.3 Å². The van der Waals surface area contributed by atoms with Gasteiger partial charge in [-0.15, -0.1) is 0 Å². The van der Waals surface area contributed by atoms with Crippen LogP contribution in [0.25, 0.3) is 0 Å². The first-order valence-corrected chi connectivity index (χ1v) is 9.57. The van der Waals surface area contributed by atoms with E-state index in [4.69, 9.17) is 5.84 Å². The number of benzene rings is 2. The van der Waals surface area contributed by atoms with Gasteiger partial charge in [-0.1, -0.05) is 18.2 Å². The predicted octanol–water partition coefficient (Wildman–Crippen LogP) is 1.45. The molecule has 8 nitrogen and oxygen atoms in total. The lowest BCUT2D eigenvalue weighted by Crippen LogP contribution is -2.43. The number of amides is 2. The monoisotopic (exact) mass is 390 g/mol. The maximum atomic E-state index is 13.2. The highest BCUT2D eigenvalue weighted by Crippen LogP contribution is 2.30. The lowest BCUT2D eigenvalue weighted by molar-refractivity contribution is -0.119. The van der Waals surface area contributed by atoms with Crippen LogP contribution < -0.4 is 20.9 Å². The molecule has 0 saturated carbocycles. The summed E-state index contributed by atoms with van der Waals surface area (Å²) in [6.45, 7) is 4.44. The number of nitrogens with zero attached hydrogens (tertiary/aromatic N) is 1. The van der Waals surface area contributed by atoms with Crippen molar-refractivity contribution < 1.29 is 18.0 Å². The molecule has 0 saturated heterocycles. The molecule has 0 aliphatic carbocycles. The average Bonchev–Trinajstić information content (AvgIpc) is 2.60. The molecule has 2 aromatic carbocycles. The summed E-state index contributed by atoms with van der Waals surface area (Å²) in [7, 11) is -4.05. The number of nitrogens with two attached hydrogens (primary N) is 1. The van der Waals surface area contributed by atoms with E-state index in [0.717, 1.165) is 4.31 Å². The minimum absolute atomic E-state index is 0.0101. The number of hydrazine groups is 1. The molecule has 0 aliphatic heterocycles. The number of aryl methyl sites for hydroxylation is 2. The Morgan fingerprint density at radius 2 is 1.59 bits per heavy atom. The summed E-state index contributed by atoms with van der Waals surface area (Å²) in [6, 6.07) is 11.1. The van der Waals surface area contributed by atoms with E-state index < -0.39 is 22.5 Å². The first-order valence-electron chi connectivity index (χ1n) is 8.13. The molecule has 0 heterocycles. The third-order valence-electron chi connectivity index (χ3n) is 3.90. The largest absolute Gasteiger partial charge is 0.326 e. The highest BCUT2D eigenvalue weighted by molar-refractivity contribution is 7.92. The van der Waals surface area contributed by atoms with Crippen molar-refractivity contribution >= 4 is 33.2 Å². The number of para-hydroxylation sites is 1. The average molecular weight is 390 g/mol. The molecule has 4 N–H and O–H groups in total. The van der Waals surface area contributed by atoms with Gasteiger partial charge in [0, 0.05) is 12.6 Å². The van der Waals surface area contributed by atoms with Crippen LogP contribution in [-0.4, -0.2) is 26.8 Å². The number of rotatable bonds is 6. The zero-order chi connectivity index (χ0) is 20.2.